The van der Waals surface area contributed by atoms with E-state index in [2.05, 4.69) is 9.84 Å². The SMILES string of the molecule is [CH]CCCCCCCNC(Cc1ccc(OP(=O)(O)O)cc1)C(=O)CCCCCCCO. The van der Waals surface area contributed by atoms with Crippen LogP contribution < -0.4 is 9.84 Å². The molecule has 0 aliphatic carbocycles. The Morgan fingerprint density at radius 1 is 0.938 bits per heavy atom. The van der Waals surface area contributed by atoms with Gasteiger partial charge in [-0.2, -0.15) is 0 Å². The third-order valence-corrected chi connectivity index (χ3v) is 5.78. The Morgan fingerprint density at radius 3 is 2.16 bits per heavy atom. The molecule has 0 heterocycles. The Morgan fingerprint density at radius 2 is 1.53 bits per heavy atom. The highest BCUT2D eigenvalue weighted by molar-refractivity contribution is 7.46. The van der Waals surface area contributed by atoms with Crippen molar-refractivity contribution >= 4 is 13.6 Å². The highest BCUT2D eigenvalue weighted by Crippen LogP contribution is 2.37. The van der Waals surface area contributed by atoms with Gasteiger partial charge in [-0.1, -0.05) is 57.1 Å². The summed E-state index contributed by atoms with van der Waals surface area (Å²) in [6.45, 7) is 6.51. The molecule has 1 aromatic rings. The summed E-state index contributed by atoms with van der Waals surface area (Å²) in [6.07, 6.45) is 11.9. The van der Waals surface area contributed by atoms with E-state index in [9.17, 15) is 9.36 Å². The number of carbonyl (C=O) groups excluding carboxylic acids is 1. The van der Waals surface area contributed by atoms with E-state index in [-0.39, 0.29) is 24.2 Å². The number of hydrogen-bond donors (Lipinski definition) is 4. The fraction of sp³-hybridized carbons (Fsp3) is 0.667. The van der Waals surface area contributed by atoms with Crippen LogP contribution in [0.1, 0.15) is 82.6 Å². The lowest BCUT2D eigenvalue weighted by atomic mass is 9.98. The number of aliphatic hydroxyl groups is 1. The summed E-state index contributed by atoms with van der Waals surface area (Å²) in [6, 6.07) is 6.19. The molecule has 4 N–H and O–H groups in total. The second-order valence-electron chi connectivity index (χ2n) is 8.20. The maximum Gasteiger partial charge on any atom is 0.524 e. The normalized spacial score (nSPS) is 12.6. The van der Waals surface area contributed by atoms with Crippen LogP contribution in [0.3, 0.4) is 0 Å². The third kappa shape index (κ3) is 14.8. The molecule has 2 radical (unpaired) electrons. The van der Waals surface area contributed by atoms with Gasteiger partial charge >= 0.3 is 7.82 Å². The van der Waals surface area contributed by atoms with Crippen LogP contribution in [-0.4, -0.2) is 39.9 Å². The Labute approximate surface area is 193 Å². The first-order chi connectivity index (χ1) is 15.4. The van der Waals surface area contributed by atoms with Gasteiger partial charge < -0.3 is 14.9 Å². The van der Waals surface area contributed by atoms with E-state index in [0.717, 1.165) is 82.7 Å². The zero-order valence-electron chi connectivity index (χ0n) is 19.1. The molecule has 0 fully saturated rings. The second-order valence-corrected chi connectivity index (χ2v) is 9.36. The summed E-state index contributed by atoms with van der Waals surface area (Å²) in [5, 5.41) is 12.3. The minimum absolute atomic E-state index is 0.0956. The number of Topliss-reactive ketones (excluding diaryl/α,β-unsaturated/α-hetero) is 1. The first-order valence-electron chi connectivity index (χ1n) is 11.8. The minimum Gasteiger partial charge on any atom is -0.404 e. The van der Waals surface area contributed by atoms with Gasteiger partial charge in [0.1, 0.15) is 11.5 Å². The number of aliphatic hydroxyl groups excluding tert-OH is 1. The minimum atomic E-state index is -4.59. The van der Waals surface area contributed by atoms with Crippen molar-refractivity contribution in [1.82, 2.24) is 5.32 Å². The van der Waals surface area contributed by atoms with Crippen molar-refractivity contribution < 1.29 is 28.8 Å². The van der Waals surface area contributed by atoms with Gasteiger partial charge in [0.2, 0.25) is 0 Å². The molecule has 0 spiro atoms. The lowest BCUT2D eigenvalue weighted by Crippen LogP contribution is -2.39. The average Bonchev–Trinajstić information content (AvgIpc) is 2.74. The van der Waals surface area contributed by atoms with Gasteiger partial charge in [-0.3, -0.25) is 14.6 Å². The first-order valence-corrected chi connectivity index (χ1v) is 13.3. The van der Waals surface area contributed by atoms with Crippen molar-refractivity contribution in [2.75, 3.05) is 13.2 Å². The summed E-state index contributed by atoms with van der Waals surface area (Å²) in [7, 11) is -4.59. The zero-order chi connectivity index (χ0) is 23.7. The van der Waals surface area contributed by atoms with Crippen LogP contribution in [0.4, 0.5) is 0 Å². The molecule has 1 unspecified atom stereocenters. The van der Waals surface area contributed by atoms with Gasteiger partial charge in [0.25, 0.3) is 0 Å². The van der Waals surface area contributed by atoms with E-state index in [1.165, 1.54) is 12.1 Å². The van der Waals surface area contributed by atoms with Crippen LogP contribution in [0, 0.1) is 6.92 Å². The number of phosphoric acid groups is 1. The predicted octanol–water partition coefficient (Wildman–Crippen LogP) is 4.61. The van der Waals surface area contributed by atoms with Gasteiger partial charge in [-0.25, -0.2) is 4.57 Å². The van der Waals surface area contributed by atoms with Crippen molar-refractivity contribution in [2.24, 2.45) is 0 Å². The molecule has 1 aromatic carbocycles. The second kappa shape index (κ2) is 17.3. The maximum atomic E-state index is 12.9. The van der Waals surface area contributed by atoms with E-state index >= 15 is 0 Å². The molecule has 7 nitrogen and oxygen atoms in total. The van der Waals surface area contributed by atoms with E-state index in [0.29, 0.717) is 12.8 Å². The first kappa shape index (κ1) is 28.8. The van der Waals surface area contributed by atoms with Crippen molar-refractivity contribution in [3.05, 3.63) is 36.8 Å². The molecule has 0 amide bonds. The van der Waals surface area contributed by atoms with Crippen molar-refractivity contribution in [1.29, 1.82) is 0 Å². The van der Waals surface area contributed by atoms with Gasteiger partial charge in [0, 0.05) is 13.0 Å². The average molecular weight is 470 g/mol. The Bertz CT molecular complexity index is 661. The molecule has 8 heteroatoms. The van der Waals surface area contributed by atoms with Crippen LogP contribution in [-0.2, 0) is 15.8 Å². The van der Waals surface area contributed by atoms with Crippen molar-refractivity contribution in [3.63, 3.8) is 0 Å². The van der Waals surface area contributed by atoms with Crippen LogP contribution in [0.15, 0.2) is 24.3 Å². The van der Waals surface area contributed by atoms with E-state index in [1.807, 2.05) is 0 Å². The number of unbranched alkanes of at least 4 members (excludes halogenated alkanes) is 9. The number of phosphoric ester groups is 1. The van der Waals surface area contributed by atoms with Gasteiger partial charge in [0.05, 0.1) is 6.04 Å². The quantitative estimate of drug-likeness (QED) is 0.163. The van der Waals surface area contributed by atoms with Crippen molar-refractivity contribution in [2.45, 2.75) is 89.5 Å². The molecule has 0 aromatic heterocycles. The lowest BCUT2D eigenvalue weighted by molar-refractivity contribution is -0.121. The molecular weight excluding hydrogens is 429 g/mol. The molecular formula is C24H40NO6P. The highest BCUT2D eigenvalue weighted by Gasteiger charge is 2.19. The number of carbonyl (C=O) groups is 1. The van der Waals surface area contributed by atoms with Crippen molar-refractivity contribution in [3.8, 4) is 5.75 Å². The summed E-state index contributed by atoms with van der Waals surface area (Å²) < 4.78 is 15.5. The largest absolute Gasteiger partial charge is 0.524 e. The monoisotopic (exact) mass is 469 g/mol. The number of hydrogen-bond acceptors (Lipinski definition) is 5. The van der Waals surface area contributed by atoms with Crippen LogP contribution >= 0.6 is 7.82 Å². The fourth-order valence-corrected chi connectivity index (χ4v) is 3.95. The van der Waals surface area contributed by atoms with Crippen LogP contribution in [0.5, 0.6) is 5.75 Å². The maximum absolute atomic E-state index is 12.9. The fourth-order valence-electron chi connectivity index (χ4n) is 3.55. The van der Waals surface area contributed by atoms with E-state index in [4.69, 9.17) is 21.8 Å². The molecule has 0 aliphatic heterocycles. The molecule has 0 bridgehead atoms. The van der Waals surface area contributed by atoms with E-state index in [1.54, 1.807) is 12.1 Å². The predicted molar refractivity (Wildman–Crippen MR) is 126 cm³/mol. The molecule has 1 rings (SSSR count). The summed E-state index contributed by atoms with van der Waals surface area (Å²) in [5.41, 5.74) is 0.903. The molecule has 32 heavy (non-hydrogen) atoms. The van der Waals surface area contributed by atoms with Crippen LogP contribution in [0.25, 0.3) is 0 Å². The highest BCUT2D eigenvalue weighted by atomic mass is 31.2. The summed E-state index contributed by atoms with van der Waals surface area (Å²) in [4.78, 5) is 30.7. The molecule has 1 atom stereocenters. The Balaban J connectivity index is 2.56. The standard InChI is InChI=1S/C24H40NO6P/c1-2-3-4-5-8-11-18-25-23(24(27)13-10-7-6-9-12-19-26)20-21-14-16-22(17-15-21)31-32(28,29)30/h1,14-17,23,25-26H,2-13,18-20H2,(H2,28,29,30). The number of nitrogens with one attached hydrogen (secondary N) is 1. The van der Waals surface area contributed by atoms with Gasteiger partial charge in [-0.05, 0) is 63.3 Å². The third-order valence-electron chi connectivity index (χ3n) is 5.33. The van der Waals surface area contributed by atoms with Crippen LogP contribution in [0.2, 0.25) is 0 Å². The molecule has 182 valence electrons. The number of benzene rings is 1. The summed E-state index contributed by atoms with van der Waals surface area (Å²) in [5.74, 6) is 0.282. The van der Waals surface area contributed by atoms with Gasteiger partial charge in [-0.15, -0.1) is 0 Å². The topological polar surface area (TPSA) is 116 Å². The smallest absolute Gasteiger partial charge is 0.404 e. The number of rotatable bonds is 20. The van der Waals surface area contributed by atoms with Gasteiger partial charge in [0.15, 0.2) is 0 Å². The Hall–Kier alpha value is -1.24. The number of ketones is 1. The molecule has 0 saturated carbocycles. The zero-order valence-corrected chi connectivity index (χ0v) is 20.0. The lowest BCUT2D eigenvalue weighted by Gasteiger charge is -2.18. The Kier molecular flexibility index (Phi) is 15.5. The summed E-state index contributed by atoms with van der Waals surface area (Å²) >= 11 is 0. The van der Waals surface area contributed by atoms with E-state index < -0.39 is 7.82 Å². The molecule has 0 aliphatic rings. The molecule has 0 saturated heterocycles.